The summed E-state index contributed by atoms with van der Waals surface area (Å²) in [5, 5.41) is 8.64. The Labute approximate surface area is 171 Å². The lowest BCUT2D eigenvalue weighted by molar-refractivity contribution is 0.0940. The van der Waals surface area contributed by atoms with Crippen LogP contribution in [-0.4, -0.2) is 15.7 Å². The average molecular weight is 383 g/mol. The van der Waals surface area contributed by atoms with Crippen molar-refractivity contribution in [2.45, 2.75) is 33.4 Å². The van der Waals surface area contributed by atoms with E-state index in [1.165, 1.54) is 16.7 Å². The summed E-state index contributed by atoms with van der Waals surface area (Å²) >= 11 is 0. The van der Waals surface area contributed by atoms with Crippen LogP contribution in [0.1, 0.15) is 45.6 Å². The zero-order valence-electron chi connectivity index (χ0n) is 17.0. The monoisotopic (exact) mass is 383 g/mol. The van der Waals surface area contributed by atoms with Gasteiger partial charge in [-0.15, -0.1) is 0 Å². The molecule has 146 valence electrons. The molecule has 0 aliphatic rings. The molecule has 0 aliphatic heterocycles. The lowest BCUT2D eigenvalue weighted by Crippen LogP contribution is -2.26. The Morgan fingerprint density at radius 3 is 2.31 bits per heavy atom. The fraction of sp³-hybridized carbons (Fsp3) is 0.200. The van der Waals surface area contributed by atoms with Crippen molar-refractivity contribution in [3.05, 3.63) is 101 Å². The van der Waals surface area contributed by atoms with Gasteiger partial charge in [0.1, 0.15) is 0 Å². The van der Waals surface area contributed by atoms with Gasteiger partial charge in [-0.3, -0.25) is 9.48 Å². The molecule has 0 saturated carbocycles. The highest BCUT2D eigenvalue weighted by atomic mass is 16.1. The third-order valence-electron chi connectivity index (χ3n) is 5.28. The third-order valence-corrected chi connectivity index (χ3v) is 5.28. The van der Waals surface area contributed by atoms with E-state index in [1.54, 1.807) is 0 Å². The standard InChI is InChI=1S/C25H25N3O/c1-17-4-8-20(9-5-17)16-28-24-14-22(12-13-23(24)15-26-28)25(29)27-19(3)21-10-6-18(2)7-11-21/h4-15,19H,16H2,1-3H3,(H,27,29)/t19-/m0/s1. The van der Waals surface area contributed by atoms with E-state index in [2.05, 4.69) is 72.8 Å². The van der Waals surface area contributed by atoms with Crippen molar-refractivity contribution in [3.63, 3.8) is 0 Å². The summed E-state index contributed by atoms with van der Waals surface area (Å²) in [5.41, 5.74) is 6.32. The fourth-order valence-electron chi connectivity index (χ4n) is 3.42. The van der Waals surface area contributed by atoms with E-state index < -0.39 is 0 Å². The molecule has 4 rings (SSSR count). The van der Waals surface area contributed by atoms with Crippen molar-refractivity contribution < 1.29 is 4.79 Å². The van der Waals surface area contributed by atoms with Crippen molar-refractivity contribution in [2.24, 2.45) is 0 Å². The molecule has 0 bridgehead atoms. The number of carbonyl (C=O) groups excluding carboxylic acids is 1. The highest BCUT2D eigenvalue weighted by Crippen LogP contribution is 2.19. The van der Waals surface area contributed by atoms with Crippen LogP contribution in [0.3, 0.4) is 0 Å². The molecule has 4 aromatic rings. The fourth-order valence-corrected chi connectivity index (χ4v) is 3.42. The Bertz CT molecular complexity index is 1140. The molecule has 1 N–H and O–H groups in total. The summed E-state index contributed by atoms with van der Waals surface area (Å²) in [6.07, 6.45) is 1.85. The van der Waals surface area contributed by atoms with E-state index in [9.17, 15) is 4.79 Å². The quantitative estimate of drug-likeness (QED) is 0.515. The highest BCUT2D eigenvalue weighted by molar-refractivity contribution is 5.98. The van der Waals surface area contributed by atoms with Crippen LogP contribution in [0, 0.1) is 13.8 Å². The summed E-state index contributed by atoms with van der Waals surface area (Å²) in [7, 11) is 0. The number of hydrogen-bond donors (Lipinski definition) is 1. The Kier molecular flexibility index (Phi) is 5.17. The maximum Gasteiger partial charge on any atom is 0.251 e. The van der Waals surface area contributed by atoms with Crippen molar-refractivity contribution in [3.8, 4) is 0 Å². The minimum absolute atomic E-state index is 0.0590. The first-order chi connectivity index (χ1) is 14.0. The Balaban J connectivity index is 1.55. The zero-order valence-corrected chi connectivity index (χ0v) is 17.0. The molecule has 0 aliphatic carbocycles. The van der Waals surface area contributed by atoms with Gasteiger partial charge in [0.25, 0.3) is 5.91 Å². The van der Waals surface area contributed by atoms with Crippen LogP contribution >= 0.6 is 0 Å². The zero-order chi connectivity index (χ0) is 20.4. The van der Waals surface area contributed by atoms with Crippen LogP contribution in [0.15, 0.2) is 72.9 Å². The minimum Gasteiger partial charge on any atom is -0.346 e. The van der Waals surface area contributed by atoms with Crippen LogP contribution in [0.2, 0.25) is 0 Å². The molecule has 1 amide bonds. The van der Waals surface area contributed by atoms with Crippen LogP contribution in [0.5, 0.6) is 0 Å². The predicted octanol–water partition coefficient (Wildman–Crippen LogP) is 5.19. The first-order valence-electron chi connectivity index (χ1n) is 9.88. The van der Waals surface area contributed by atoms with Gasteiger partial charge in [0, 0.05) is 10.9 Å². The molecule has 29 heavy (non-hydrogen) atoms. The summed E-state index contributed by atoms with van der Waals surface area (Å²) in [6, 6.07) is 22.4. The Morgan fingerprint density at radius 1 is 0.966 bits per heavy atom. The predicted molar refractivity (Wildman–Crippen MR) is 117 cm³/mol. The number of nitrogens with one attached hydrogen (secondary N) is 1. The molecule has 4 nitrogen and oxygen atoms in total. The maximum atomic E-state index is 12.8. The van der Waals surface area contributed by atoms with Gasteiger partial charge >= 0.3 is 0 Å². The van der Waals surface area contributed by atoms with Gasteiger partial charge in [-0.25, -0.2) is 0 Å². The molecule has 0 fully saturated rings. The smallest absolute Gasteiger partial charge is 0.251 e. The molecule has 3 aromatic carbocycles. The van der Waals surface area contributed by atoms with Gasteiger partial charge < -0.3 is 5.32 Å². The van der Waals surface area contributed by atoms with Gasteiger partial charge in [0.05, 0.1) is 24.3 Å². The van der Waals surface area contributed by atoms with Crippen molar-refractivity contribution in [2.75, 3.05) is 0 Å². The van der Waals surface area contributed by atoms with E-state index in [0.717, 1.165) is 16.5 Å². The topological polar surface area (TPSA) is 46.9 Å². The van der Waals surface area contributed by atoms with Gasteiger partial charge in [-0.05, 0) is 44.0 Å². The Morgan fingerprint density at radius 2 is 1.62 bits per heavy atom. The molecule has 1 atom stereocenters. The number of benzene rings is 3. The van der Waals surface area contributed by atoms with Crippen LogP contribution < -0.4 is 5.32 Å². The summed E-state index contributed by atoms with van der Waals surface area (Å²) in [4.78, 5) is 12.8. The molecular formula is C25H25N3O. The number of amides is 1. The molecule has 1 aromatic heterocycles. The Hall–Kier alpha value is -3.40. The molecule has 0 saturated heterocycles. The molecular weight excluding hydrogens is 358 g/mol. The number of rotatable bonds is 5. The van der Waals surface area contributed by atoms with Crippen molar-refractivity contribution in [1.82, 2.24) is 15.1 Å². The van der Waals surface area contributed by atoms with Gasteiger partial charge in [-0.2, -0.15) is 5.10 Å². The first kappa shape index (κ1) is 18.9. The van der Waals surface area contributed by atoms with E-state index >= 15 is 0 Å². The summed E-state index contributed by atoms with van der Waals surface area (Å²) < 4.78 is 1.94. The second-order valence-electron chi connectivity index (χ2n) is 7.67. The molecule has 0 unspecified atom stereocenters. The third kappa shape index (κ3) is 4.21. The minimum atomic E-state index is -0.0805. The molecule has 4 heteroatoms. The van der Waals surface area contributed by atoms with E-state index in [0.29, 0.717) is 12.1 Å². The number of carbonyl (C=O) groups is 1. The molecule has 1 heterocycles. The highest BCUT2D eigenvalue weighted by Gasteiger charge is 2.13. The number of nitrogens with zero attached hydrogens (tertiary/aromatic N) is 2. The summed E-state index contributed by atoms with van der Waals surface area (Å²) in [6.45, 7) is 6.81. The second-order valence-corrected chi connectivity index (χ2v) is 7.67. The van der Waals surface area contributed by atoms with Gasteiger partial charge in [-0.1, -0.05) is 65.7 Å². The lowest BCUT2D eigenvalue weighted by atomic mass is 10.1. The lowest BCUT2D eigenvalue weighted by Gasteiger charge is -2.15. The number of aryl methyl sites for hydroxylation is 2. The first-order valence-corrected chi connectivity index (χ1v) is 9.88. The van der Waals surface area contributed by atoms with Crippen LogP contribution in [-0.2, 0) is 6.54 Å². The van der Waals surface area contributed by atoms with Gasteiger partial charge in [0.2, 0.25) is 0 Å². The molecule has 0 radical (unpaired) electrons. The number of hydrogen-bond acceptors (Lipinski definition) is 2. The number of fused-ring (bicyclic) bond motifs is 1. The number of aromatic nitrogens is 2. The average Bonchev–Trinajstić information content (AvgIpc) is 3.12. The SMILES string of the molecule is Cc1ccc(Cn2ncc3ccc(C(=O)N[C@@H](C)c4ccc(C)cc4)cc32)cc1. The van der Waals surface area contributed by atoms with E-state index in [4.69, 9.17) is 0 Å². The van der Waals surface area contributed by atoms with Crippen LogP contribution in [0.4, 0.5) is 0 Å². The van der Waals surface area contributed by atoms with Gasteiger partial charge in [0.15, 0.2) is 0 Å². The van der Waals surface area contributed by atoms with Crippen molar-refractivity contribution in [1.29, 1.82) is 0 Å². The van der Waals surface area contributed by atoms with E-state index in [-0.39, 0.29) is 11.9 Å². The largest absolute Gasteiger partial charge is 0.346 e. The van der Waals surface area contributed by atoms with E-state index in [1.807, 2.05) is 36.0 Å². The normalized spacial score (nSPS) is 12.1. The maximum absolute atomic E-state index is 12.8. The van der Waals surface area contributed by atoms with Crippen molar-refractivity contribution >= 4 is 16.8 Å². The van der Waals surface area contributed by atoms with Crippen LogP contribution in [0.25, 0.3) is 10.9 Å². The second kappa shape index (κ2) is 7.92. The summed E-state index contributed by atoms with van der Waals surface area (Å²) in [5.74, 6) is -0.0805. The molecule has 0 spiro atoms.